The second-order valence-electron chi connectivity index (χ2n) is 6.84. The van der Waals surface area contributed by atoms with Crippen molar-refractivity contribution in [1.29, 1.82) is 0 Å². The highest BCUT2D eigenvalue weighted by Gasteiger charge is 2.07. The van der Waals surface area contributed by atoms with E-state index in [-0.39, 0.29) is 5.56 Å². The van der Waals surface area contributed by atoms with E-state index in [0.29, 0.717) is 18.2 Å². The number of pyridine rings is 1. The summed E-state index contributed by atoms with van der Waals surface area (Å²) in [7, 11) is 1.72. The summed E-state index contributed by atoms with van der Waals surface area (Å²) in [5.41, 5.74) is 5.07. The molecule has 0 fully saturated rings. The standard InChI is InChI=1S/C24H22N4O/c1-28-23(29)17-22(21-12-14-25-15-13-21)27-24(28)26-16-11-18-7-9-20(10-8-18)19-5-3-2-4-6-19/h2-10,12-15,17H,11,16H2,1H3,(H,26,27). The molecule has 4 aromatic rings. The summed E-state index contributed by atoms with van der Waals surface area (Å²) in [6.07, 6.45) is 4.23. The van der Waals surface area contributed by atoms with E-state index in [1.807, 2.05) is 30.3 Å². The molecule has 0 aliphatic carbocycles. The van der Waals surface area contributed by atoms with Crippen molar-refractivity contribution in [2.45, 2.75) is 6.42 Å². The predicted octanol–water partition coefficient (Wildman–Crippen LogP) is 4.16. The van der Waals surface area contributed by atoms with Gasteiger partial charge in [0.1, 0.15) is 0 Å². The Labute approximate surface area is 169 Å². The summed E-state index contributed by atoms with van der Waals surface area (Å²) in [5.74, 6) is 0.560. The van der Waals surface area contributed by atoms with Gasteiger partial charge in [0.15, 0.2) is 0 Å². The molecule has 0 saturated heterocycles. The fourth-order valence-corrected chi connectivity index (χ4v) is 3.18. The fraction of sp³-hybridized carbons (Fsp3) is 0.125. The Bertz CT molecular complexity index is 1140. The maximum atomic E-state index is 12.3. The topological polar surface area (TPSA) is 59.8 Å². The van der Waals surface area contributed by atoms with Crippen molar-refractivity contribution in [3.8, 4) is 22.4 Å². The third kappa shape index (κ3) is 4.41. The van der Waals surface area contributed by atoms with E-state index in [0.717, 1.165) is 12.0 Å². The molecule has 0 aliphatic rings. The highest BCUT2D eigenvalue weighted by Crippen LogP contribution is 2.19. The second kappa shape index (κ2) is 8.52. The first-order valence-corrected chi connectivity index (χ1v) is 9.57. The molecular formula is C24H22N4O. The van der Waals surface area contributed by atoms with Crippen LogP contribution in [0.15, 0.2) is 90.0 Å². The Morgan fingerprint density at radius 2 is 1.55 bits per heavy atom. The minimum atomic E-state index is -0.0958. The zero-order valence-electron chi connectivity index (χ0n) is 16.2. The Morgan fingerprint density at radius 1 is 0.862 bits per heavy atom. The number of anilines is 1. The van der Waals surface area contributed by atoms with Gasteiger partial charge < -0.3 is 5.32 Å². The van der Waals surface area contributed by atoms with Crippen molar-refractivity contribution in [2.24, 2.45) is 7.05 Å². The van der Waals surface area contributed by atoms with Crippen LogP contribution in [0.2, 0.25) is 0 Å². The predicted molar refractivity (Wildman–Crippen MR) is 117 cm³/mol. The van der Waals surface area contributed by atoms with Gasteiger partial charge in [0.05, 0.1) is 5.69 Å². The zero-order valence-corrected chi connectivity index (χ0v) is 16.2. The van der Waals surface area contributed by atoms with Crippen LogP contribution in [0, 0.1) is 0 Å². The van der Waals surface area contributed by atoms with Gasteiger partial charge in [-0.3, -0.25) is 14.3 Å². The minimum Gasteiger partial charge on any atom is -0.355 e. The van der Waals surface area contributed by atoms with Crippen LogP contribution in [0.1, 0.15) is 5.56 Å². The molecule has 2 aromatic carbocycles. The van der Waals surface area contributed by atoms with Crippen LogP contribution in [-0.4, -0.2) is 21.1 Å². The Kier molecular flexibility index (Phi) is 5.47. The molecule has 2 aromatic heterocycles. The van der Waals surface area contributed by atoms with Crippen LogP contribution < -0.4 is 10.9 Å². The van der Waals surface area contributed by atoms with Gasteiger partial charge in [-0.25, -0.2) is 4.98 Å². The van der Waals surface area contributed by atoms with E-state index in [1.54, 1.807) is 25.5 Å². The SMILES string of the molecule is Cn1c(NCCc2ccc(-c3ccccc3)cc2)nc(-c2ccncc2)cc1=O. The van der Waals surface area contributed by atoms with E-state index >= 15 is 0 Å². The molecule has 29 heavy (non-hydrogen) atoms. The lowest BCUT2D eigenvalue weighted by Crippen LogP contribution is -2.22. The third-order valence-corrected chi connectivity index (χ3v) is 4.87. The number of nitrogens with one attached hydrogen (secondary N) is 1. The molecule has 0 unspecified atom stereocenters. The smallest absolute Gasteiger partial charge is 0.255 e. The average Bonchev–Trinajstić information content (AvgIpc) is 2.78. The maximum absolute atomic E-state index is 12.3. The molecule has 0 atom stereocenters. The highest BCUT2D eigenvalue weighted by atomic mass is 16.1. The molecule has 0 radical (unpaired) electrons. The molecule has 0 spiro atoms. The maximum Gasteiger partial charge on any atom is 0.255 e. The summed E-state index contributed by atoms with van der Waals surface area (Å²) < 4.78 is 1.53. The number of hydrogen-bond donors (Lipinski definition) is 1. The summed E-state index contributed by atoms with van der Waals surface area (Å²) in [6.45, 7) is 0.685. The van der Waals surface area contributed by atoms with Crippen molar-refractivity contribution < 1.29 is 0 Å². The van der Waals surface area contributed by atoms with E-state index in [4.69, 9.17) is 0 Å². The molecule has 1 N–H and O–H groups in total. The summed E-state index contributed by atoms with van der Waals surface area (Å²) >= 11 is 0. The minimum absolute atomic E-state index is 0.0958. The Morgan fingerprint density at radius 3 is 2.28 bits per heavy atom. The van der Waals surface area contributed by atoms with Crippen LogP contribution >= 0.6 is 0 Å². The van der Waals surface area contributed by atoms with Crippen LogP contribution in [-0.2, 0) is 13.5 Å². The van der Waals surface area contributed by atoms with E-state index in [2.05, 4.69) is 51.7 Å². The lowest BCUT2D eigenvalue weighted by Gasteiger charge is -2.12. The van der Waals surface area contributed by atoms with Gasteiger partial charge in [0.2, 0.25) is 5.95 Å². The molecule has 0 saturated carbocycles. The largest absolute Gasteiger partial charge is 0.355 e. The lowest BCUT2D eigenvalue weighted by molar-refractivity contribution is 0.819. The van der Waals surface area contributed by atoms with Crippen LogP contribution in [0.4, 0.5) is 5.95 Å². The van der Waals surface area contributed by atoms with Crippen molar-refractivity contribution in [3.63, 3.8) is 0 Å². The molecule has 5 nitrogen and oxygen atoms in total. The van der Waals surface area contributed by atoms with Crippen LogP contribution in [0.5, 0.6) is 0 Å². The first-order chi connectivity index (χ1) is 14.2. The van der Waals surface area contributed by atoms with Crippen LogP contribution in [0.3, 0.4) is 0 Å². The monoisotopic (exact) mass is 382 g/mol. The quantitative estimate of drug-likeness (QED) is 0.544. The van der Waals surface area contributed by atoms with Gasteiger partial charge in [-0.1, -0.05) is 54.6 Å². The normalized spacial score (nSPS) is 10.7. The van der Waals surface area contributed by atoms with Crippen molar-refractivity contribution in [1.82, 2.24) is 14.5 Å². The van der Waals surface area contributed by atoms with Gasteiger partial charge in [-0.15, -0.1) is 0 Å². The Balaban J connectivity index is 1.44. The number of rotatable bonds is 6. The third-order valence-electron chi connectivity index (χ3n) is 4.87. The number of nitrogens with zero attached hydrogens (tertiary/aromatic N) is 3. The van der Waals surface area contributed by atoms with Gasteiger partial charge >= 0.3 is 0 Å². The second-order valence-corrected chi connectivity index (χ2v) is 6.84. The van der Waals surface area contributed by atoms with Gasteiger partial charge in [0.25, 0.3) is 5.56 Å². The number of aromatic nitrogens is 3. The molecule has 144 valence electrons. The molecule has 4 rings (SSSR count). The van der Waals surface area contributed by atoms with Crippen LogP contribution in [0.25, 0.3) is 22.4 Å². The average molecular weight is 382 g/mol. The number of benzene rings is 2. The summed E-state index contributed by atoms with van der Waals surface area (Å²) in [5, 5.41) is 3.29. The molecule has 0 aliphatic heterocycles. The lowest BCUT2D eigenvalue weighted by atomic mass is 10.0. The fourth-order valence-electron chi connectivity index (χ4n) is 3.18. The summed E-state index contributed by atoms with van der Waals surface area (Å²) in [4.78, 5) is 20.9. The number of hydrogen-bond acceptors (Lipinski definition) is 4. The van der Waals surface area contributed by atoms with Gasteiger partial charge in [0, 0.05) is 37.6 Å². The first-order valence-electron chi connectivity index (χ1n) is 9.57. The first kappa shape index (κ1) is 18.6. The van der Waals surface area contributed by atoms with E-state index in [9.17, 15) is 4.79 Å². The highest BCUT2D eigenvalue weighted by molar-refractivity contribution is 5.63. The van der Waals surface area contributed by atoms with Crippen molar-refractivity contribution in [3.05, 3.63) is 101 Å². The molecule has 5 heteroatoms. The summed E-state index contributed by atoms with van der Waals surface area (Å²) in [6, 6.07) is 24.1. The van der Waals surface area contributed by atoms with Gasteiger partial charge in [-0.05, 0) is 35.2 Å². The van der Waals surface area contributed by atoms with E-state index < -0.39 is 0 Å². The zero-order chi connectivity index (χ0) is 20.1. The Hall–Kier alpha value is -3.73. The van der Waals surface area contributed by atoms with Crippen molar-refractivity contribution >= 4 is 5.95 Å². The molecular weight excluding hydrogens is 360 g/mol. The van der Waals surface area contributed by atoms with Gasteiger partial charge in [-0.2, -0.15) is 0 Å². The molecule has 0 amide bonds. The van der Waals surface area contributed by atoms with Crippen molar-refractivity contribution in [2.75, 3.05) is 11.9 Å². The molecule has 0 bridgehead atoms. The van der Waals surface area contributed by atoms with E-state index in [1.165, 1.54) is 21.3 Å². The molecule has 2 heterocycles.